The Morgan fingerprint density at radius 2 is 2.04 bits per heavy atom. The van der Waals surface area contributed by atoms with Gasteiger partial charge in [-0.2, -0.15) is 5.10 Å². The summed E-state index contributed by atoms with van der Waals surface area (Å²) in [6, 6.07) is 0.786. The largest absolute Gasteiger partial charge is 0.341 e. The molecular formula is C20H32N6. The Hall–Kier alpha value is -1.95. The summed E-state index contributed by atoms with van der Waals surface area (Å²) < 4.78 is 1.95. The number of hydrogen-bond acceptors (Lipinski definition) is 5. The van der Waals surface area contributed by atoms with Crippen LogP contribution in [0.25, 0.3) is 0 Å². The van der Waals surface area contributed by atoms with Crippen LogP contribution in [0, 0.1) is 6.92 Å². The van der Waals surface area contributed by atoms with Gasteiger partial charge >= 0.3 is 0 Å². The van der Waals surface area contributed by atoms with Crippen molar-refractivity contribution in [2.45, 2.75) is 78.0 Å². The van der Waals surface area contributed by atoms with Crippen molar-refractivity contribution < 1.29 is 0 Å². The molecule has 3 rings (SSSR count). The van der Waals surface area contributed by atoms with Crippen LogP contribution in [0.15, 0.2) is 18.6 Å². The van der Waals surface area contributed by atoms with Gasteiger partial charge < -0.3 is 10.2 Å². The minimum absolute atomic E-state index is 0.203. The second kappa shape index (κ2) is 8.62. The molecule has 1 N–H and O–H groups in total. The van der Waals surface area contributed by atoms with Crippen LogP contribution >= 0.6 is 0 Å². The molecule has 0 unspecified atom stereocenters. The predicted molar refractivity (Wildman–Crippen MR) is 105 cm³/mol. The first-order valence-corrected chi connectivity index (χ1v) is 9.89. The molecule has 0 aliphatic heterocycles. The number of anilines is 1. The summed E-state index contributed by atoms with van der Waals surface area (Å²) in [5.74, 6) is 0.856. The van der Waals surface area contributed by atoms with Gasteiger partial charge in [-0.3, -0.25) is 4.68 Å². The Balaban J connectivity index is 1.62. The summed E-state index contributed by atoms with van der Waals surface area (Å²) in [5.41, 5.74) is 3.42. The second-order valence-electron chi connectivity index (χ2n) is 7.42. The van der Waals surface area contributed by atoms with Gasteiger partial charge in [0.25, 0.3) is 0 Å². The first kappa shape index (κ1) is 18.8. The van der Waals surface area contributed by atoms with E-state index in [0.29, 0.717) is 6.04 Å². The molecule has 1 atom stereocenters. The molecule has 2 aromatic rings. The minimum Gasteiger partial charge on any atom is -0.341 e. The van der Waals surface area contributed by atoms with Crippen LogP contribution in [0.2, 0.25) is 0 Å². The van der Waals surface area contributed by atoms with Gasteiger partial charge in [-0.1, -0.05) is 19.3 Å². The molecule has 0 aromatic carbocycles. The fraction of sp³-hybridized carbons (Fsp3) is 0.650. The molecule has 6 heteroatoms. The van der Waals surface area contributed by atoms with Crippen molar-refractivity contribution in [2.75, 3.05) is 11.9 Å². The van der Waals surface area contributed by atoms with Gasteiger partial charge in [-0.25, -0.2) is 9.97 Å². The highest BCUT2D eigenvalue weighted by Gasteiger charge is 2.21. The van der Waals surface area contributed by atoms with Crippen LogP contribution in [0.3, 0.4) is 0 Å². The van der Waals surface area contributed by atoms with Gasteiger partial charge in [-0.15, -0.1) is 0 Å². The zero-order valence-corrected chi connectivity index (χ0v) is 16.6. The molecule has 2 aromatic heterocycles. The van der Waals surface area contributed by atoms with E-state index in [0.717, 1.165) is 30.3 Å². The molecule has 1 saturated carbocycles. The van der Waals surface area contributed by atoms with Crippen LogP contribution < -0.4 is 10.2 Å². The second-order valence-corrected chi connectivity index (χ2v) is 7.42. The van der Waals surface area contributed by atoms with Crippen LogP contribution in [-0.4, -0.2) is 32.8 Å². The van der Waals surface area contributed by atoms with E-state index in [1.165, 1.54) is 37.7 Å². The summed E-state index contributed by atoms with van der Waals surface area (Å²) in [7, 11) is 2.14. The highest BCUT2D eigenvalue weighted by Crippen LogP contribution is 2.25. The summed E-state index contributed by atoms with van der Waals surface area (Å²) >= 11 is 0. The smallest absolute Gasteiger partial charge is 0.225 e. The first-order valence-electron chi connectivity index (χ1n) is 9.89. The summed E-state index contributed by atoms with van der Waals surface area (Å²) in [6.45, 7) is 8.05. The predicted octanol–water partition coefficient (Wildman–Crippen LogP) is 3.62. The number of rotatable bonds is 7. The highest BCUT2D eigenvalue weighted by molar-refractivity contribution is 5.34. The van der Waals surface area contributed by atoms with Gasteiger partial charge in [0.2, 0.25) is 5.95 Å². The third-order valence-electron chi connectivity index (χ3n) is 5.53. The van der Waals surface area contributed by atoms with Crippen molar-refractivity contribution in [3.8, 4) is 0 Å². The van der Waals surface area contributed by atoms with Crippen molar-refractivity contribution in [1.29, 1.82) is 0 Å². The Morgan fingerprint density at radius 1 is 1.27 bits per heavy atom. The van der Waals surface area contributed by atoms with Crippen molar-refractivity contribution in [3.63, 3.8) is 0 Å². The van der Waals surface area contributed by atoms with E-state index in [1.807, 2.05) is 17.1 Å². The average Bonchev–Trinajstić information content (AvgIpc) is 3.14. The molecule has 0 saturated heterocycles. The lowest BCUT2D eigenvalue weighted by Gasteiger charge is -2.31. The summed E-state index contributed by atoms with van der Waals surface area (Å²) in [5, 5.41) is 7.88. The number of aromatic nitrogens is 4. The lowest BCUT2D eigenvalue weighted by molar-refractivity contribution is 0.423. The van der Waals surface area contributed by atoms with E-state index in [9.17, 15) is 0 Å². The van der Waals surface area contributed by atoms with Crippen LogP contribution in [0.5, 0.6) is 0 Å². The number of nitrogens with one attached hydrogen (secondary N) is 1. The normalized spacial score (nSPS) is 16.6. The molecule has 1 aliphatic carbocycles. The van der Waals surface area contributed by atoms with Crippen molar-refractivity contribution in [3.05, 3.63) is 35.4 Å². The van der Waals surface area contributed by atoms with Gasteiger partial charge in [0.1, 0.15) is 0 Å². The number of hydrogen-bond donors (Lipinski definition) is 1. The molecule has 142 valence electrons. The Bertz CT molecular complexity index is 704. The van der Waals surface area contributed by atoms with Gasteiger partial charge in [0.05, 0.1) is 6.20 Å². The maximum absolute atomic E-state index is 4.80. The van der Waals surface area contributed by atoms with E-state index in [1.54, 1.807) is 0 Å². The Kier molecular flexibility index (Phi) is 6.25. The molecule has 0 spiro atoms. The third-order valence-corrected chi connectivity index (χ3v) is 5.53. The fourth-order valence-corrected chi connectivity index (χ4v) is 3.74. The van der Waals surface area contributed by atoms with Crippen molar-refractivity contribution in [1.82, 2.24) is 25.1 Å². The van der Waals surface area contributed by atoms with Crippen molar-refractivity contribution in [2.24, 2.45) is 0 Å². The molecule has 2 heterocycles. The fourth-order valence-electron chi connectivity index (χ4n) is 3.74. The Morgan fingerprint density at radius 3 is 2.69 bits per heavy atom. The molecule has 0 amide bonds. The van der Waals surface area contributed by atoms with E-state index < -0.39 is 0 Å². The lowest BCUT2D eigenvalue weighted by atomic mass is 9.95. The van der Waals surface area contributed by atoms with Gasteiger partial charge in [0.15, 0.2) is 0 Å². The van der Waals surface area contributed by atoms with E-state index in [4.69, 9.17) is 4.98 Å². The van der Waals surface area contributed by atoms with E-state index >= 15 is 0 Å². The summed E-state index contributed by atoms with van der Waals surface area (Å²) in [4.78, 5) is 11.7. The van der Waals surface area contributed by atoms with Gasteiger partial charge in [-0.05, 0) is 33.6 Å². The van der Waals surface area contributed by atoms with E-state index in [-0.39, 0.29) is 6.04 Å². The molecule has 0 bridgehead atoms. The van der Waals surface area contributed by atoms with E-state index in [2.05, 4.69) is 54.3 Å². The molecule has 1 aliphatic rings. The monoisotopic (exact) mass is 356 g/mol. The molecular weight excluding hydrogens is 324 g/mol. The highest BCUT2D eigenvalue weighted by atomic mass is 15.3. The molecule has 1 fully saturated rings. The zero-order valence-electron chi connectivity index (χ0n) is 16.6. The maximum Gasteiger partial charge on any atom is 0.225 e. The summed E-state index contributed by atoms with van der Waals surface area (Å²) in [6.07, 6.45) is 12.5. The van der Waals surface area contributed by atoms with Crippen LogP contribution in [0.4, 0.5) is 5.95 Å². The zero-order chi connectivity index (χ0) is 18.5. The number of nitrogens with zero attached hydrogens (tertiary/aromatic N) is 5. The van der Waals surface area contributed by atoms with Crippen LogP contribution in [0.1, 0.15) is 68.8 Å². The minimum atomic E-state index is 0.203. The standard InChI is InChI=1S/C20H32N6/c1-5-26-14-17(12-23-26)11-21-15(2)19-13-22-20(24-16(19)3)25(4)18-9-7-6-8-10-18/h12-15,18,21H,5-11H2,1-4H3/t15-/m0/s1. The topological polar surface area (TPSA) is 58.9 Å². The maximum atomic E-state index is 4.80. The van der Waals surface area contributed by atoms with Crippen LogP contribution in [-0.2, 0) is 13.1 Å². The quantitative estimate of drug-likeness (QED) is 0.821. The lowest BCUT2D eigenvalue weighted by Crippen LogP contribution is -2.34. The molecule has 0 radical (unpaired) electrons. The molecule has 6 nitrogen and oxygen atoms in total. The van der Waals surface area contributed by atoms with Gasteiger partial charge in [0, 0.05) is 61.4 Å². The third kappa shape index (κ3) is 4.41. The first-order chi connectivity index (χ1) is 12.6. The van der Waals surface area contributed by atoms with Crippen molar-refractivity contribution >= 4 is 5.95 Å². The molecule has 26 heavy (non-hydrogen) atoms. The number of aryl methyl sites for hydroxylation is 2. The Labute approximate surface area is 157 Å². The average molecular weight is 357 g/mol. The SMILES string of the molecule is CCn1cc(CN[C@@H](C)c2cnc(N(C)C3CCCCC3)nc2C)cn1.